The molecule has 1 N–H and O–H groups in total. The third-order valence-electron chi connectivity index (χ3n) is 4.17. The van der Waals surface area contributed by atoms with E-state index in [1.54, 1.807) is 23.5 Å². The van der Waals surface area contributed by atoms with Gasteiger partial charge in [-0.15, -0.1) is 11.3 Å². The molecule has 0 radical (unpaired) electrons. The summed E-state index contributed by atoms with van der Waals surface area (Å²) >= 11 is 1.68. The van der Waals surface area contributed by atoms with Crippen molar-refractivity contribution >= 4 is 16.3 Å². The van der Waals surface area contributed by atoms with Gasteiger partial charge in [0.05, 0.1) is 5.56 Å². The van der Waals surface area contributed by atoms with Gasteiger partial charge in [-0.2, -0.15) is 5.26 Å². The van der Waals surface area contributed by atoms with Crippen molar-refractivity contribution < 1.29 is 4.39 Å². The Bertz CT molecular complexity index is 732. The fourth-order valence-corrected chi connectivity index (χ4v) is 4.21. The molecule has 3 rings (SSSR count). The van der Waals surface area contributed by atoms with Crippen molar-refractivity contribution in [3.05, 3.63) is 51.7 Å². The zero-order valence-corrected chi connectivity index (χ0v) is 13.5. The molecular formula is C17H18FN3S. The molecule has 0 amide bonds. The minimum Gasteiger partial charge on any atom is -0.379 e. The summed E-state index contributed by atoms with van der Waals surface area (Å²) in [7, 11) is 1.85. The zero-order chi connectivity index (χ0) is 15.7. The van der Waals surface area contributed by atoms with Crippen LogP contribution in [0.25, 0.3) is 0 Å². The topological polar surface area (TPSA) is 39.1 Å². The van der Waals surface area contributed by atoms with Crippen molar-refractivity contribution in [3.8, 4) is 6.07 Å². The quantitative estimate of drug-likeness (QED) is 0.937. The molecule has 1 atom stereocenters. The second-order valence-corrected chi connectivity index (χ2v) is 6.76. The maximum Gasteiger partial charge on any atom is 0.123 e. The predicted octanol–water partition coefficient (Wildman–Crippen LogP) is 3.75. The number of nitriles is 1. The van der Waals surface area contributed by atoms with Gasteiger partial charge in [-0.25, -0.2) is 4.39 Å². The Kier molecular flexibility index (Phi) is 4.14. The third kappa shape index (κ3) is 2.72. The number of rotatable bonds is 3. The highest BCUT2D eigenvalue weighted by Gasteiger charge is 2.28. The number of nitrogens with one attached hydrogen (secondary N) is 1. The summed E-state index contributed by atoms with van der Waals surface area (Å²) in [6.45, 7) is 3.63. The van der Waals surface area contributed by atoms with Gasteiger partial charge >= 0.3 is 0 Å². The highest BCUT2D eigenvalue weighted by molar-refractivity contribution is 7.16. The first kappa shape index (κ1) is 15.0. The average molecular weight is 315 g/mol. The first-order valence-corrected chi connectivity index (χ1v) is 8.15. The maximum absolute atomic E-state index is 13.4. The zero-order valence-electron chi connectivity index (χ0n) is 12.7. The molecule has 5 heteroatoms. The van der Waals surface area contributed by atoms with Gasteiger partial charge in [0.25, 0.3) is 0 Å². The summed E-state index contributed by atoms with van der Waals surface area (Å²) < 4.78 is 13.4. The summed E-state index contributed by atoms with van der Waals surface area (Å²) in [5, 5.41) is 13.5. The third-order valence-corrected chi connectivity index (χ3v) is 5.44. The average Bonchev–Trinajstić information content (AvgIpc) is 2.84. The van der Waals surface area contributed by atoms with Crippen LogP contribution in [-0.2, 0) is 19.5 Å². The lowest BCUT2D eigenvalue weighted by atomic mass is 9.99. The maximum atomic E-state index is 13.4. The summed E-state index contributed by atoms with van der Waals surface area (Å²) in [4.78, 5) is 3.60. The molecule has 0 saturated heterocycles. The van der Waals surface area contributed by atoms with Crippen LogP contribution in [0.1, 0.15) is 28.5 Å². The number of anilines is 1. The van der Waals surface area contributed by atoms with Gasteiger partial charge in [0.1, 0.15) is 16.9 Å². The molecule has 0 aliphatic carbocycles. The molecule has 1 aromatic carbocycles. The van der Waals surface area contributed by atoms with Crippen molar-refractivity contribution in [2.45, 2.75) is 32.5 Å². The lowest BCUT2D eigenvalue weighted by Gasteiger charge is -2.33. The van der Waals surface area contributed by atoms with Crippen LogP contribution in [0.2, 0.25) is 0 Å². The van der Waals surface area contributed by atoms with Crippen LogP contribution in [0.4, 0.5) is 9.39 Å². The van der Waals surface area contributed by atoms with E-state index in [4.69, 9.17) is 0 Å². The number of fused-ring (bicyclic) bond motifs is 1. The van der Waals surface area contributed by atoms with Crippen molar-refractivity contribution in [1.82, 2.24) is 4.90 Å². The number of nitrogens with zero attached hydrogens (tertiary/aromatic N) is 2. The number of hydrogen-bond acceptors (Lipinski definition) is 4. The highest BCUT2D eigenvalue weighted by atomic mass is 32.1. The Morgan fingerprint density at radius 1 is 1.50 bits per heavy atom. The van der Waals surface area contributed by atoms with Crippen LogP contribution >= 0.6 is 11.3 Å². The molecule has 0 saturated carbocycles. The van der Waals surface area contributed by atoms with Gasteiger partial charge in [0, 0.05) is 36.6 Å². The van der Waals surface area contributed by atoms with Gasteiger partial charge in [-0.05, 0) is 31.0 Å². The first-order valence-electron chi connectivity index (χ1n) is 7.33. The van der Waals surface area contributed by atoms with Gasteiger partial charge in [-0.1, -0.05) is 12.1 Å². The van der Waals surface area contributed by atoms with E-state index in [9.17, 15) is 9.65 Å². The van der Waals surface area contributed by atoms with Crippen LogP contribution in [0.5, 0.6) is 0 Å². The molecule has 1 aliphatic heterocycles. The Morgan fingerprint density at radius 3 is 3.00 bits per heavy atom. The molecular weight excluding hydrogens is 297 g/mol. The number of thiophene rings is 1. The smallest absolute Gasteiger partial charge is 0.123 e. The van der Waals surface area contributed by atoms with Crippen LogP contribution in [-0.4, -0.2) is 18.0 Å². The van der Waals surface area contributed by atoms with Gasteiger partial charge in [0.15, 0.2) is 0 Å². The van der Waals surface area contributed by atoms with E-state index in [0.717, 1.165) is 34.7 Å². The van der Waals surface area contributed by atoms with E-state index >= 15 is 0 Å². The second kappa shape index (κ2) is 6.07. The summed E-state index contributed by atoms with van der Waals surface area (Å²) in [5.41, 5.74) is 2.86. The van der Waals surface area contributed by atoms with E-state index < -0.39 is 0 Å². The normalized spacial score (nSPS) is 17.8. The van der Waals surface area contributed by atoms with E-state index in [1.807, 2.05) is 13.1 Å². The molecule has 1 aromatic heterocycles. The van der Waals surface area contributed by atoms with E-state index in [2.05, 4.69) is 23.2 Å². The lowest BCUT2D eigenvalue weighted by Crippen LogP contribution is -2.37. The Balaban J connectivity index is 1.87. The monoisotopic (exact) mass is 315 g/mol. The molecule has 0 spiro atoms. The first-order chi connectivity index (χ1) is 10.6. The fraction of sp³-hybridized carbons (Fsp3) is 0.353. The molecule has 1 unspecified atom stereocenters. The van der Waals surface area contributed by atoms with E-state index in [-0.39, 0.29) is 5.82 Å². The van der Waals surface area contributed by atoms with Crippen molar-refractivity contribution in [2.75, 3.05) is 12.4 Å². The fourth-order valence-electron chi connectivity index (χ4n) is 2.98. The highest BCUT2D eigenvalue weighted by Crippen LogP contribution is 2.38. The van der Waals surface area contributed by atoms with Crippen molar-refractivity contribution in [1.29, 1.82) is 5.26 Å². The largest absolute Gasteiger partial charge is 0.379 e. The van der Waals surface area contributed by atoms with Crippen LogP contribution in [0.15, 0.2) is 24.3 Å². The number of benzene rings is 1. The predicted molar refractivity (Wildman–Crippen MR) is 87.4 cm³/mol. The lowest BCUT2D eigenvalue weighted by molar-refractivity contribution is 0.177. The summed E-state index contributed by atoms with van der Waals surface area (Å²) in [5.74, 6) is -0.200. The summed E-state index contributed by atoms with van der Waals surface area (Å²) in [6, 6.07) is 9.45. The molecule has 0 fully saturated rings. The molecule has 1 aliphatic rings. The Labute approximate surface area is 134 Å². The minimum atomic E-state index is -0.200. The van der Waals surface area contributed by atoms with Gasteiger partial charge in [0.2, 0.25) is 0 Å². The van der Waals surface area contributed by atoms with Crippen LogP contribution in [0, 0.1) is 17.1 Å². The standard InChI is InChI=1S/C17H18FN3S/c1-11-6-16-15(14(8-19)17(20-2)22-16)10-21(11)9-12-4-3-5-13(18)7-12/h3-5,7,11,20H,6,9-10H2,1-2H3. The molecule has 0 bridgehead atoms. The molecule has 2 heterocycles. The van der Waals surface area contributed by atoms with Crippen LogP contribution in [0.3, 0.4) is 0 Å². The van der Waals surface area contributed by atoms with E-state index in [0.29, 0.717) is 12.6 Å². The van der Waals surface area contributed by atoms with E-state index in [1.165, 1.54) is 10.9 Å². The van der Waals surface area contributed by atoms with Crippen LogP contribution < -0.4 is 5.32 Å². The number of hydrogen-bond donors (Lipinski definition) is 1. The molecule has 3 nitrogen and oxygen atoms in total. The molecule has 22 heavy (non-hydrogen) atoms. The Morgan fingerprint density at radius 2 is 2.32 bits per heavy atom. The Hall–Kier alpha value is -1.90. The van der Waals surface area contributed by atoms with Crippen molar-refractivity contribution in [2.24, 2.45) is 0 Å². The van der Waals surface area contributed by atoms with Gasteiger partial charge < -0.3 is 5.32 Å². The SMILES string of the molecule is CNc1sc2c(c1C#N)CN(Cc1cccc(F)c1)C(C)C2. The van der Waals surface area contributed by atoms with Crippen molar-refractivity contribution in [3.63, 3.8) is 0 Å². The summed E-state index contributed by atoms with van der Waals surface area (Å²) in [6.07, 6.45) is 0.936. The molecule has 2 aromatic rings. The number of halogens is 1. The minimum absolute atomic E-state index is 0.200. The molecule has 114 valence electrons. The second-order valence-electron chi connectivity index (χ2n) is 5.66. The van der Waals surface area contributed by atoms with Gasteiger partial charge in [-0.3, -0.25) is 4.90 Å².